The lowest BCUT2D eigenvalue weighted by atomic mass is 10.0. The number of fused-ring (bicyclic) bond motifs is 1. The first-order valence-electron chi connectivity index (χ1n) is 6.84. The number of Topliss-reactive ketones (excluding diaryl/α,β-unsaturated/α-hetero) is 1. The molecule has 2 nitrogen and oxygen atoms in total. The summed E-state index contributed by atoms with van der Waals surface area (Å²) in [5.74, 6) is 0.253. The lowest BCUT2D eigenvalue weighted by Gasteiger charge is -2.06. The second kappa shape index (κ2) is 6.48. The molecule has 0 radical (unpaired) electrons. The van der Waals surface area contributed by atoms with Crippen LogP contribution in [0.5, 0.6) is 0 Å². The summed E-state index contributed by atoms with van der Waals surface area (Å²) in [5.41, 5.74) is 2.60. The molecule has 0 aromatic heterocycles. The minimum Gasteiger partial charge on any atom is -0.319 e. The molecular formula is C17H21NO. The van der Waals surface area contributed by atoms with Crippen LogP contribution in [0, 0.1) is 0 Å². The Balaban J connectivity index is 2.21. The summed E-state index contributed by atoms with van der Waals surface area (Å²) in [4.78, 5) is 11.0. The second-order valence-electron chi connectivity index (χ2n) is 5.07. The molecule has 0 saturated carbocycles. The van der Waals surface area contributed by atoms with Gasteiger partial charge >= 0.3 is 0 Å². The van der Waals surface area contributed by atoms with Crippen LogP contribution in [-0.4, -0.2) is 19.4 Å². The Labute approximate surface area is 114 Å². The smallest absolute Gasteiger partial charge is 0.130 e. The van der Waals surface area contributed by atoms with E-state index >= 15 is 0 Å². The molecule has 2 heteroatoms. The van der Waals surface area contributed by atoms with Crippen molar-refractivity contribution in [2.75, 3.05) is 13.6 Å². The Bertz CT molecular complexity index is 574. The van der Waals surface area contributed by atoms with Crippen LogP contribution in [0.15, 0.2) is 36.4 Å². The Morgan fingerprint density at radius 2 is 1.63 bits per heavy atom. The van der Waals surface area contributed by atoms with Crippen LogP contribution in [0.2, 0.25) is 0 Å². The first-order valence-corrected chi connectivity index (χ1v) is 6.84. The summed E-state index contributed by atoms with van der Waals surface area (Å²) < 4.78 is 0. The molecule has 2 aromatic carbocycles. The van der Waals surface area contributed by atoms with Gasteiger partial charge in [-0.3, -0.25) is 0 Å². The maximum atomic E-state index is 11.0. The zero-order valence-corrected chi connectivity index (χ0v) is 11.7. The molecular weight excluding hydrogens is 234 g/mol. The summed E-state index contributed by atoms with van der Waals surface area (Å²) in [6, 6.07) is 13.1. The van der Waals surface area contributed by atoms with Gasteiger partial charge in [0.2, 0.25) is 0 Å². The highest BCUT2D eigenvalue weighted by Gasteiger charge is 2.01. The summed E-state index contributed by atoms with van der Waals surface area (Å²) in [7, 11) is 1.97. The lowest BCUT2D eigenvalue weighted by Crippen LogP contribution is -2.10. The first-order chi connectivity index (χ1) is 9.19. The third-order valence-electron chi connectivity index (χ3n) is 3.40. The molecule has 0 saturated heterocycles. The van der Waals surface area contributed by atoms with Gasteiger partial charge in [0.1, 0.15) is 5.78 Å². The van der Waals surface area contributed by atoms with Crippen molar-refractivity contribution in [1.82, 2.24) is 5.32 Å². The number of carbonyl (C=O) groups excluding carboxylic acids is 1. The van der Waals surface area contributed by atoms with Gasteiger partial charge in [-0.25, -0.2) is 0 Å². The van der Waals surface area contributed by atoms with Crippen LogP contribution in [-0.2, 0) is 17.6 Å². The Kier molecular flexibility index (Phi) is 4.69. The summed E-state index contributed by atoms with van der Waals surface area (Å²) in [5, 5.41) is 5.71. The van der Waals surface area contributed by atoms with E-state index in [4.69, 9.17) is 0 Å². The molecule has 2 aromatic rings. The second-order valence-corrected chi connectivity index (χ2v) is 5.07. The van der Waals surface area contributed by atoms with Crippen LogP contribution in [0.1, 0.15) is 24.5 Å². The van der Waals surface area contributed by atoms with Crippen LogP contribution in [0.4, 0.5) is 0 Å². The maximum Gasteiger partial charge on any atom is 0.130 e. The maximum absolute atomic E-state index is 11.0. The topological polar surface area (TPSA) is 29.1 Å². The van der Waals surface area contributed by atoms with Crippen molar-refractivity contribution in [1.29, 1.82) is 0 Å². The zero-order chi connectivity index (χ0) is 13.7. The Morgan fingerprint density at radius 3 is 2.21 bits per heavy atom. The van der Waals surface area contributed by atoms with Gasteiger partial charge in [0.25, 0.3) is 0 Å². The fourth-order valence-corrected chi connectivity index (χ4v) is 2.25. The number of carbonyl (C=O) groups is 1. The largest absolute Gasteiger partial charge is 0.319 e. The summed E-state index contributed by atoms with van der Waals surface area (Å²) in [6.45, 7) is 2.65. The van der Waals surface area contributed by atoms with Crippen molar-refractivity contribution in [3.8, 4) is 0 Å². The average Bonchev–Trinajstić information content (AvgIpc) is 2.42. The van der Waals surface area contributed by atoms with Crippen molar-refractivity contribution in [3.05, 3.63) is 47.5 Å². The monoisotopic (exact) mass is 255 g/mol. The number of nitrogens with one attached hydrogen (secondary N) is 1. The van der Waals surface area contributed by atoms with Gasteiger partial charge in [-0.2, -0.15) is 0 Å². The molecule has 0 fully saturated rings. The van der Waals surface area contributed by atoms with E-state index < -0.39 is 0 Å². The standard InChI is InChI=1S/C17H21NO/c1-13(19)3-4-14-5-7-16-8-6-15(9-10-18-2)12-17(16)11-14/h5-8,11-12,18H,3-4,9-10H2,1-2H3. The molecule has 0 amide bonds. The Morgan fingerprint density at radius 1 is 1.00 bits per heavy atom. The van der Waals surface area contributed by atoms with Crippen molar-refractivity contribution >= 4 is 16.6 Å². The molecule has 2 rings (SSSR count). The fourth-order valence-electron chi connectivity index (χ4n) is 2.25. The van der Waals surface area contributed by atoms with Crippen LogP contribution in [0.25, 0.3) is 10.8 Å². The van der Waals surface area contributed by atoms with Gasteiger partial charge in [0, 0.05) is 6.42 Å². The van der Waals surface area contributed by atoms with E-state index in [0.717, 1.165) is 19.4 Å². The number of rotatable bonds is 6. The quantitative estimate of drug-likeness (QED) is 0.859. The molecule has 0 bridgehead atoms. The number of ketones is 1. The number of likely N-dealkylation sites (N-methyl/N-ethyl adjacent to an activating group) is 1. The van der Waals surface area contributed by atoms with E-state index in [1.54, 1.807) is 6.92 Å². The Hall–Kier alpha value is -1.67. The van der Waals surface area contributed by atoms with E-state index in [2.05, 4.69) is 41.7 Å². The molecule has 0 atom stereocenters. The normalized spacial score (nSPS) is 10.8. The third kappa shape index (κ3) is 3.90. The van der Waals surface area contributed by atoms with E-state index in [1.165, 1.54) is 21.9 Å². The molecule has 0 spiro atoms. The van der Waals surface area contributed by atoms with E-state index in [-0.39, 0.29) is 5.78 Å². The predicted octanol–water partition coefficient (Wildman–Crippen LogP) is 3.12. The number of benzene rings is 2. The van der Waals surface area contributed by atoms with Crippen molar-refractivity contribution in [2.45, 2.75) is 26.2 Å². The van der Waals surface area contributed by atoms with Crippen molar-refractivity contribution in [2.24, 2.45) is 0 Å². The summed E-state index contributed by atoms with van der Waals surface area (Å²) >= 11 is 0. The molecule has 1 N–H and O–H groups in total. The minimum atomic E-state index is 0.253. The van der Waals surface area contributed by atoms with E-state index in [0.29, 0.717) is 6.42 Å². The molecule has 0 aliphatic heterocycles. The lowest BCUT2D eigenvalue weighted by molar-refractivity contribution is -0.116. The van der Waals surface area contributed by atoms with Crippen LogP contribution in [0.3, 0.4) is 0 Å². The molecule has 0 aliphatic rings. The van der Waals surface area contributed by atoms with Gasteiger partial charge in [-0.1, -0.05) is 36.4 Å². The minimum absolute atomic E-state index is 0.253. The molecule has 0 heterocycles. The third-order valence-corrected chi connectivity index (χ3v) is 3.40. The number of aryl methyl sites for hydroxylation is 1. The molecule has 19 heavy (non-hydrogen) atoms. The van der Waals surface area contributed by atoms with Gasteiger partial charge in [0.05, 0.1) is 0 Å². The van der Waals surface area contributed by atoms with Crippen molar-refractivity contribution in [3.63, 3.8) is 0 Å². The highest BCUT2D eigenvalue weighted by Crippen LogP contribution is 2.19. The predicted molar refractivity (Wildman–Crippen MR) is 80.6 cm³/mol. The average molecular weight is 255 g/mol. The van der Waals surface area contributed by atoms with Crippen molar-refractivity contribution < 1.29 is 4.79 Å². The van der Waals surface area contributed by atoms with Gasteiger partial charge in [-0.15, -0.1) is 0 Å². The van der Waals surface area contributed by atoms with Gasteiger partial charge in [-0.05, 0) is 55.3 Å². The highest BCUT2D eigenvalue weighted by atomic mass is 16.1. The van der Waals surface area contributed by atoms with Gasteiger partial charge in [0.15, 0.2) is 0 Å². The van der Waals surface area contributed by atoms with Crippen LogP contribution < -0.4 is 5.32 Å². The molecule has 100 valence electrons. The van der Waals surface area contributed by atoms with Gasteiger partial charge < -0.3 is 10.1 Å². The number of hydrogen-bond donors (Lipinski definition) is 1. The SMILES string of the molecule is CNCCc1ccc2ccc(CCC(C)=O)cc2c1. The molecule has 0 unspecified atom stereocenters. The summed E-state index contributed by atoms with van der Waals surface area (Å²) in [6.07, 6.45) is 2.51. The number of hydrogen-bond acceptors (Lipinski definition) is 2. The van der Waals surface area contributed by atoms with E-state index in [9.17, 15) is 4.79 Å². The fraction of sp³-hybridized carbons (Fsp3) is 0.353. The van der Waals surface area contributed by atoms with E-state index in [1.807, 2.05) is 7.05 Å². The zero-order valence-electron chi connectivity index (χ0n) is 11.7. The highest BCUT2D eigenvalue weighted by molar-refractivity contribution is 5.84. The first kappa shape index (κ1) is 13.8. The molecule has 0 aliphatic carbocycles. The van der Waals surface area contributed by atoms with Crippen LogP contribution >= 0.6 is 0 Å².